The molecule has 0 unspecified atom stereocenters. The highest BCUT2D eigenvalue weighted by molar-refractivity contribution is 5.69. The molecule has 0 aliphatic heterocycles. The van der Waals surface area contributed by atoms with E-state index in [1.54, 1.807) is 13.8 Å². The summed E-state index contributed by atoms with van der Waals surface area (Å²) in [6.45, 7) is 3.40. The zero-order valence-electron chi connectivity index (χ0n) is 7.87. The van der Waals surface area contributed by atoms with Gasteiger partial charge in [-0.3, -0.25) is 9.48 Å². The molecule has 1 aromatic heterocycles. The number of rotatable bonds is 2. The van der Waals surface area contributed by atoms with Gasteiger partial charge in [0.15, 0.2) is 5.75 Å². The monoisotopic (exact) mass is 184 g/mol. The van der Waals surface area contributed by atoms with Gasteiger partial charge in [0.2, 0.25) is 0 Å². The minimum absolute atomic E-state index is 0.0315. The highest BCUT2D eigenvalue weighted by Crippen LogP contribution is 2.19. The molecule has 0 amide bonds. The molecule has 13 heavy (non-hydrogen) atoms. The maximum absolute atomic E-state index is 10.9. The maximum Gasteiger partial charge on any atom is 0.327 e. The van der Waals surface area contributed by atoms with Gasteiger partial charge in [-0.1, -0.05) is 0 Å². The molecule has 0 saturated carbocycles. The van der Waals surface area contributed by atoms with E-state index in [0.29, 0.717) is 11.4 Å². The molecule has 0 aliphatic rings. The molecule has 5 nitrogen and oxygen atoms in total. The van der Waals surface area contributed by atoms with Crippen LogP contribution in [0.15, 0.2) is 0 Å². The maximum atomic E-state index is 10.9. The van der Waals surface area contributed by atoms with Crippen LogP contribution in [0, 0.1) is 13.8 Å². The lowest BCUT2D eigenvalue weighted by Gasteiger charge is -2.01. The number of hydrogen-bond acceptors (Lipinski definition) is 4. The summed E-state index contributed by atoms with van der Waals surface area (Å²) in [6.07, 6.45) is 0. The Hall–Kier alpha value is -1.52. The summed E-state index contributed by atoms with van der Waals surface area (Å²) >= 11 is 0. The van der Waals surface area contributed by atoms with Crippen molar-refractivity contribution < 1.29 is 14.6 Å². The highest BCUT2D eigenvalue weighted by atomic mass is 16.5. The molecular weight excluding hydrogens is 172 g/mol. The summed E-state index contributed by atoms with van der Waals surface area (Å²) in [5.74, 6) is -0.255. The number of hydrogen-bond donors (Lipinski definition) is 1. The number of esters is 1. The summed E-state index contributed by atoms with van der Waals surface area (Å²) in [4.78, 5) is 10.9. The molecule has 72 valence electrons. The molecule has 5 heteroatoms. The van der Waals surface area contributed by atoms with Crippen LogP contribution in [0.3, 0.4) is 0 Å². The minimum atomic E-state index is -0.384. The quantitative estimate of drug-likeness (QED) is 0.675. The molecule has 0 radical (unpaired) electrons. The molecule has 0 spiro atoms. The highest BCUT2D eigenvalue weighted by Gasteiger charge is 2.12. The third kappa shape index (κ3) is 1.80. The summed E-state index contributed by atoms with van der Waals surface area (Å²) in [7, 11) is 1.31. The third-order valence-electron chi connectivity index (χ3n) is 1.85. The first-order valence-electron chi connectivity index (χ1n) is 3.86. The second-order valence-electron chi connectivity index (χ2n) is 2.75. The first-order chi connectivity index (χ1) is 6.06. The summed E-state index contributed by atoms with van der Waals surface area (Å²) in [6, 6.07) is 0. The van der Waals surface area contributed by atoms with Crippen molar-refractivity contribution in [2.45, 2.75) is 20.4 Å². The van der Waals surface area contributed by atoms with E-state index < -0.39 is 0 Å². The molecule has 0 aliphatic carbocycles. The number of aromatic hydroxyl groups is 1. The summed E-state index contributed by atoms with van der Waals surface area (Å²) in [5.41, 5.74) is 1.09. The van der Waals surface area contributed by atoms with Crippen LogP contribution in [-0.4, -0.2) is 28.0 Å². The number of nitrogens with zero attached hydrogens (tertiary/aromatic N) is 2. The van der Waals surface area contributed by atoms with E-state index in [2.05, 4.69) is 9.84 Å². The van der Waals surface area contributed by atoms with Crippen molar-refractivity contribution >= 4 is 5.97 Å². The molecule has 0 fully saturated rings. The third-order valence-corrected chi connectivity index (χ3v) is 1.85. The fourth-order valence-corrected chi connectivity index (χ4v) is 1.03. The Morgan fingerprint density at radius 3 is 2.62 bits per heavy atom. The van der Waals surface area contributed by atoms with Crippen molar-refractivity contribution in [2.24, 2.45) is 0 Å². The predicted octanol–water partition coefficient (Wildman–Crippen LogP) is 0.379. The van der Waals surface area contributed by atoms with Gasteiger partial charge in [-0.25, -0.2) is 0 Å². The lowest BCUT2D eigenvalue weighted by molar-refractivity contribution is -0.141. The van der Waals surface area contributed by atoms with Crippen molar-refractivity contribution in [1.29, 1.82) is 0 Å². The van der Waals surface area contributed by atoms with Gasteiger partial charge in [-0.2, -0.15) is 5.10 Å². The number of carbonyl (C=O) groups is 1. The standard InChI is InChI=1S/C8H12N2O3/c1-5-8(12)6(2)10(9-5)4-7(11)13-3/h12H,4H2,1-3H3. The van der Waals surface area contributed by atoms with E-state index in [1.165, 1.54) is 11.8 Å². The zero-order chi connectivity index (χ0) is 10.0. The van der Waals surface area contributed by atoms with Gasteiger partial charge in [-0.05, 0) is 13.8 Å². The first-order valence-corrected chi connectivity index (χ1v) is 3.86. The van der Waals surface area contributed by atoms with E-state index in [4.69, 9.17) is 0 Å². The number of methoxy groups -OCH3 is 1. The molecule has 0 atom stereocenters. The second-order valence-corrected chi connectivity index (χ2v) is 2.75. The molecule has 1 heterocycles. The van der Waals surface area contributed by atoms with Crippen LogP contribution in [0.1, 0.15) is 11.4 Å². The van der Waals surface area contributed by atoms with Gasteiger partial charge < -0.3 is 9.84 Å². The van der Waals surface area contributed by atoms with Crippen molar-refractivity contribution in [1.82, 2.24) is 9.78 Å². The lowest BCUT2D eigenvalue weighted by Crippen LogP contribution is -2.13. The average molecular weight is 184 g/mol. The molecule has 1 rings (SSSR count). The van der Waals surface area contributed by atoms with Gasteiger partial charge in [-0.15, -0.1) is 0 Å². The Kier molecular flexibility index (Phi) is 2.55. The Morgan fingerprint density at radius 2 is 2.23 bits per heavy atom. The summed E-state index contributed by atoms with van der Waals surface area (Å²) in [5, 5.41) is 13.3. The van der Waals surface area contributed by atoms with Crippen LogP contribution in [0.25, 0.3) is 0 Å². The Labute approximate surface area is 75.9 Å². The van der Waals surface area contributed by atoms with Gasteiger partial charge in [0.1, 0.15) is 12.2 Å². The number of aromatic nitrogens is 2. The van der Waals surface area contributed by atoms with Crippen LogP contribution in [0.4, 0.5) is 0 Å². The minimum Gasteiger partial charge on any atom is -0.504 e. The van der Waals surface area contributed by atoms with E-state index in [-0.39, 0.29) is 18.3 Å². The summed E-state index contributed by atoms with van der Waals surface area (Å²) < 4.78 is 5.89. The molecule has 1 N–H and O–H groups in total. The second kappa shape index (κ2) is 3.47. The predicted molar refractivity (Wildman–Crippen MR) is 45.4 cm³/mol. The van der Waals surface area contributed by atoms with E-state index in [1.807, 2.05) is 0 Å². The van der Waals surface area contributed by atoms with Gasteiger partial charge in [0.05, 0.1) is 12.8 Å². The number of aryl methyl sites for hydroxylation is 1. The topological polar surface area (TPSA) is 64.4 Å². The van der Waals surface area contributed by atoms with E-state index in [9.17, 15) is 9.90 Å². The Bertz CT molecular complexity index is 330. The van der Waals surface area contributed by atoms with E-state index in [0.717, 1.165) is 0 Å². The first kappa shape index (κ1) is 9.57. The van der Waals surface area contributed by atoms with Crippen LogP contribution in [-0.2, 0) is 16.1 Å². The lowest BCUT2D eigenvalue weighted by atomic mass is 10.3. The van der Waals surface area contributed by atoms with Crippen LogP contribution >= 0.6 is 0 Å². The normalized spacial score (nSPS) is 10.1. The number of carbonyl (C=O) groups excluding carboxylic acids is 1. The molecule has 0 saturated heterocycles. The fraction of sp³-hybridized carbons (Fsp3) is 0.500. The van der Waals surface area contributed by atoms with Crippen molar-refractivity contribution in [3.8, 4) is 5.75 Å². The van der Waals surface area contributed by atoms with Crippen molar-refractivity contribution in [3.05, 3.63) is 11.4 Å². The van der Waals surface area contributed by atoms with Crippen LogP contribution in [0.2, 0.25) is 0 Å². The fourth-order valence-electron chi connectivity index (χ4n) is 1.03. The largest absolute Gasteiger partial charge is 0.504 e. The average Bonchev–Trinajstić information content (AvgIpc) is 2.34. The van der Waals surface area contributed by atoms with Gasteiger partial charge in [0.25, 0.3) is 0 Å². The molecule has 0 aromatic carbocycles. The molecular formula is C8H12N2O3. The smallest absolute Gasteiger partial charge is 0.327 e. The zero-order valence-corrected chi connectivity index (χ0v) is 7.87. The Balaban J connectivity index is 2.90. The Morgan fingerprint density at radius 1 is 1.62 bits per heavy atom. The van der Waals surface area contributed by atoms with Crippen LogP contribution < -0.4 is 0 Å². The van der Waals surface area contributed by atoms with Gasteiger partial charge >= 0.3 is 5.97 Å². The molecule has 0 bridgehead atoms. The van der Waals surface area contributed by atoms with Crippen molar-refractivity contribution in [2.75, 3.05) is 7.11 Å². The SMILES string of the molecule is COC(=O)Cn1nc(C)c(O)c1C. The van der Waals surface area contributed by atoms with Crippen molar-refractivity contribution in [3.63, 3.8) is 0 Å². The molecule has 1 aromatic rings. The van der Waals surface area contributed by atoms with Crippen LogP contribution in [0.5, 0.6) is 5.75 Å². The number of ether oxygens (including phenoxy) is 1. The van der Waals surface area contributed by atoms with Gasteiger partial charge in [0, 0.05) is 0 Å². The van der Waals surface area contributed by atoms with E-state index >= 15 is 0 Å².